The van der Waals surface area contributed by atoms with E-state index in [-0.39, 0.29) is 5.91 Å². The van der Waals surface area contributed by atoms with E-state index in [0.29, 0.717) is 42.6 Å². The molecule has 0 aliphatic rings. The van der Waals surface area contributed by atoms with Crippen LogP contribution in [0.1, 0.15) is 26.3 Å². The number of rotatable bonds is 8. The molecule has 24 heavy (non-hydrogen) atoms. The van der Waals surface area contributed by atoms with Crippen LogP contribution in [0.3, 0.4) is 0 Å². The first-order valence-corrected chi connectivity index (χ1v) is 7.29. The van der Waals surface area contributed by atoms with Crippen LogP contribution >= 0.6 is 0 Å². The standard InChI is InChI=1S/C18H16N2O4/c21-11-15-1-5-16(6-2-15)18(24)19-10-9-14-3-7-17(8-4-14)20(12-22)13-23/h1-8,11-13H,9-10H2,(H,19,24). The van der Waals surface area contributed by atoms with Crippen molar-refractivity contribution in [3.63, 3.8) is 0 Å². The summed E-state index contributed by atoms with van der Waals surface area (Å²) in [4.78, 5) is 44.8. The van der Waals surface area contributed by atoms with Crippen LogP contribution < -0.4 is 10.2 Å². The lowest BCUT2D eigenvalue weighted by Crippen LogP contribution is -2.25. The number of carbonyl (C=O) groups is 4. The van der Waals surface area contributed by atoms with Crippen LogP contribution in [0.5, 0.6) is 0 Å². The zero-order valence-corrected chi connectivity index (χ0v) is 12.8. The van der Waals surface area contributed by atoms with Crippen molar-refractivity contribution in [2.24, 2.45) is 0 Å². The second-order valence-electron chi connectivity index (χ2n) is 5.03. The third-order valence-electron chi connectivity index (χ3n) is 3.47. The molecule has 1 N–H and O–H groups in total. The molecule has 0 aliphatic heterocycles. The number of anilines is 1. The average molecular weight is 324 g/mol. The summed E-state index contributed by atoms with van der Waals surface area (Å²) in [6, 6.07) is 13.3. The second kappa shape index (κ2) is 8.38. The number of carbonyl (C=O) groups excluding carboxylic acids is 4. The molecule has 2 rings (SSSR count). The fourth-order valence-corrected chi connectivity index (χ4v) is 2.12. The van der Waals surface area contributed by atoms with Crippen molar-refractivity contribution in [3.8, 4) is 0 Å². The Morgan fingerprint density at radius 2 is 1.54 bits per heavy atom. The van der Waals surface area contributed by atoms with Gasteiger partial charge < -0.3 is 5.32 Å². The number of imide groups is 1. The van der Waals surface area contributed by atoms with Gasteiger partial charge in [0.05, 0.1) is 5.69 Å². The smallest absolute Gasteiger partial charge is 0.251 e. The number of nitrogens with one attached hydrogen (secondary N) is 1. The Hall–Kier alpha value is -3.28. The lowest BCUT2D eigenvalue weighted by atomic mass is 10.1. The van der Waals surface area contributed by atoms with E-state index in [1.54, 1.807) is 48.5 Å². The highest BCUT2D eigenvalue weighted by Gasteiger charge is 2.06. The first kappa shape index (κ1) is 17.1. The molecule has 0 aliphatic carbocycles. The van der Waals surface area contributed by atoms with E-state index in [1.165, 1.54) is 0 Å². The molecule has 0 saturated heterocycles. The van der Waals surface area contributed by atoms with Gasteiger partial charge in [0.15, 0.2) is 0 Å². The van der Waals surface area contributed by atoms with Crippen molar-refractivity contribution in [2.75, 3.05) is 11.4 Å². The van der Waals surface area contributed by atoms with E-state index >= 15 is 0 Å². The maximum atomic E-state index is 12.0. The maximum Gasteiger partial charge on any atom is 0.251 e. The summed E-state index contributed by atoms with van der Waals surface area (Å²) in [5.41, 5.74) is 2.46. The molecule has 6 heteroatoms. The molecule has 0 fully saturated rings. The first-order valence-electron chi connectivity index (χ1n) is 7.29. The van der Waals surface area contributed by atoms with Gasteiger partial charge in [-0.05, 0) is 36.2 Å². The molecule has 0 unspecified atom stereocenters. The number of nitrogens with zero attached hydrogens (tertiary/aromatic N) is 1. The van der Waals surface area contributed by atoms with Crippen LogP contribution in [0.25, 0.3) is 0 Å². The molecule has 0 atom stereocenters. The minimum Gasteiger partial charge on any atom is -0.352 e. The predicted molar refractivity (Wildman–Crippen MR) is 88.9 cm³/mol. The Kier molecular flexibility index (Phi) is 5.96. The minimum absolute atomic E-state index is 0.211. The van der Waals surface area contributed by atoms with Crippen molar-refractivity contribution >= 4 is 30.7 Å². The lowest BCUT2D eigenvalue weighted by molar-refractivity contribution is -0.114. The van der Waals surface area contributed by atoms with Gasteiger partial charge in [0.2, 0.25) is 12.8 Å². The third-order valence-corrected chi connectivity index (χ3v) is 3.47. The summed E-state index contributed by atoms with van der Waals surface area (Å²) in [6.07, 6.45) is 2.22. The van der Waals surface area contributed by atoms with Gasteiger partial charge in [-0.2, -0.15) is 0 Å². The van der Waals surface area contributed by atoms with Crippen LogP contribution in [0.2, 0.25) is 0 Å². The van der Waals surface area contributed by atoms with Crippen molar-refractivity contribution < 1.29 is 19.2 Å². The minimum atomic E-state index is -0.211. The van der Waals surface area contributed by atoms with Crippen molar-refractivity contribution in [2.45, 2.75) is 6.42 Å². The number of aldehydes is 1. The van der Waals surface area contributed by atoms with Gasteiger partial charge >= 0.3 is 0 Å². The molecule has 122 valence electrons. The zero-order valence-electron chi connectivity index (χ0n) is 12.8. The molecule has 0 spiro atoms. The molecule has 2 aromatic rings. The van der Waals surface area contributed by atoms with Crippen LogP contribution in [0, 0.1) is 0 Å². The van der Waals surface area contributed by atoms with Gasteiger partial charge in [-0.1, -0.05) is 24.3 Å². The quantitative estimate of drug-likeness (QED) is 0.748. The number of benzene rings is 2. The molecule has 0 saturated carbocycles. The second-order valence-corrected chi connectivity index (χ2v) is 5.03. The van der Waals surface area contributed by atoms with Gasteiger partial charge in [-0.25, -0.2) is 0 Å². The van der Waals surface area contributed by atoms with Gasteiger partial charge in [-0.15, -0.1) is 0 Å². The van der Waals surface area contributed by atoms with E-state index in [1.807, 2.05) is 0 Å². The van der Waals surface area contributed by atoms with Crippen molar-refractivity contribution in [3.05, 3.63) is 65.2 Å². The normalized spacial score (nSPS) is 9.83. The lowest BCUT2D eigenvalue weighted by Gasteiger charge is -2.10. The van der Waals surface area contributed by atoms with E-state index in [0.717, 1.165) is 16.7 Å². The third kappa shape index (κ3) is 4.36. The topological polar surface area (TPSA) is 83.6 Å². The fourth-order valence-electron chi connectivity index (χ4n) is 2.12. The maximum absolute atomic E-state index is 12.0. The van der Waals surface area contributed by atoms with Crippen LogP contribution in [-0.4, -0.2) is 31.6 Å². The van der Waals surface area contributed by atoms with Gasteiger partial charge in [0.25, 0.3) is 5.91 Å². The van der Waals surface area contributed by atoms with Crippen molar-refractivity contribution in [1.82, 2.24) is 5.32 Å². The molecule has 6 nitrogen and oxygen atoms in total. The molecule has 0 radical (unpaired) electrons. The van der Waals surface area contributed by atoms with Crippen LogP contribution in [0.4, 0.5) is 5.69 Å². The SMILES string of the molecule is O=Cc1ccc(C(=O)NCCc2ccc(N(C=O)C=O)cc2)cc1. The Morgan fingerprint density at radius 1 is 0.917 bits per heavy atom. The average Bonchev–Trinajstić information content (AvgIpc) is 2.64. The summed E-state index contributed by atoms with van der Waals surface area (Å²) in [5, 5.41) is 2.79. The van der Waals surface area contributed by atoms with Crippen molar-refractivity contribution in [1.29, 1.82) is 0 Å². The van der Waals surface area contributed by atoms with E-state index < -0.39 is 0 Å². The molecule has 0 bridgehead atoms. The molecular weight excluding hydrogens is 308 g/mol. The Balaban J connectivity index is 1.86. The summed E-state index contributed by atoms with van der Waals surface area (Å²) in [6.45, 7) is 0.443. The number of amides is 3. The molecule has 0 heterocycles. The number of hydrogen-bond donors (Lipinski definition) is 1. The number of hydrogen-bond acceptors (Lipinski definition) is 4. The Bertz CT molecular complexity index is 716. The zero-order chi connectivity index (χ0) is 17.4. The highest BCUT2D eigenvalue weighted by Crippen LogP contribution is 2.13. The summed E-state index contributed by atoms with van der Waals surface area (Å²) >= 11 is 0. The van der Waals surface area contributed by atoms with E-state index in [2.05, 4.69) is 5.32 Å². The monoisotopic (exact) mass is 324 g/mol. The molecule has 2 aromatic carbocycles. The molecule has 3 amide bonds. The molecule has 0 aromatic heterocycles. The van der Waals surface area contributed by atoms with Crippen LogP contribution in [-0.2, 0) is 16.0 Å². The highest BCUT2D eigenvalue weighted by atomic mass is 16.2. The Labute approximate surface area is 139 Å². The highest BCUT2D eigenvalue weighted by molar-refractivity contribution is 5.95. The van der Waals surface area contributed by atoms with Gasteiger partial charge in [0.1, 0.15) is 6.29 Å². The van der Waals surface area contributed by atoms with E-state index in [9.17, 15) is 19.2 Å². The van der Waals surface area contributed by atoms with Gasteiger partial charge in [0, 0.05) is 17.7 Å². The van der Waals surface area contributed by atoms with Crippen LogP contribution in [0.15, 0.2) is 48.5 Å². The summed E-state index contributed by atoms with van der Waals surface area (Å²) < 4.78 is 0. The van der Waals surface area contributed by atoms with E-state index in [4.69, 9.17) is 0 Å². The first-order chi connectivity index (χ1) is 11.7. The fraction of sp³-hybridized carbons (Fsp3) is 0.111. The van der Waals surface area contributed by atoms with Gasteiger partial charge in [-0.3, -0.25) is 24.1 Å². The Morgan fingerprint density at radius 3 is 2.08 bits per heavy atom. The summed E-state index contributed by atoms with van der Waals surface area (Å²) in [5.74, 6) is -0.211. The predicted octanol–water partition coefficient (Wildman–Crippen LogP) is 1.59. The summed E-state index contributed by atoms with van der Waals surface area (Å²) in [7, 11) is 0. The largest absolute Gasteiger partial charge is 0.352 e. The molecular formula is C18H16N2O4.